The Morgan fingerprint density at radius 3 is 2.70 bits per heavy atom. The van der Waals surface area contributed by atoms with Gasteiger partial charge >= 0.3 is 5.97 Å². The molecule has 0 amide bonds. The predicted octanol–water partition coefficient (Wildman–Crippen LogP) is 3.21. The molecule has 0 aliphatic rings. The third-order valence-electron chi connectivity index (χ3n) is 2.77. The molecule has 0 radical (unpaired) electrons. The van der Waals surface area contributed by atoms with Gasteiger partial charge in [-0.1, -0.05) is 18.2 Å². The number of carbonyl (C=O) groups is 1. The van der Waals surface area contributed by atoms with Crippen molar-refractivity contribution in [2.75, 3.05) is 7.11 Å². The van der Waals surface area contributed by atoms with Gasteiger partial charge in [-0.25, -0.2) is 4.79 Å². The summed E-state index contributed by atoms with van der Waals surface area (Å²) in [5.74, 6) is -0.414. The van der Waals surface area contributed by atoms with Crippen LogP contribution in [0.25, 0.3) is 0 Å². The largest absolute Gasteiger partial charge is 0.465 e. The van der Waals surface area contributed by atoms with Gasteiger partial charge in [0, 0.05) is 10.7 Å². The number of nitrogens with zero attached hydrogens (tertiary/aromatic N) is 1. The minimum atomic E-state index is -0.414. The van der Waals surface area contributed by atoms with Gasteiger partial charge in [-0.3, -0.25) is 4.79 Å². The van der Waals surface area contributed by atoms with Gasteiger partial charge in [-0.15, -0.1) is 0 Å². The van der Waals surface area contributed by atoms with E-state index in [0.717, 1.165) is 10.0 Å². The highest BCUT2D eigenvalue weighted by atomic mass is 79.9. The van der Waals surface area contributed by atoms with E-state index in [0.29, 0.717) is 16.6 Å². The van der Waals surface area contributed by atoms with Crippen LogP contribution in [0.4, 0.5) is 0 Å². The average Bonchev–Trinajstić information content (AvgIpc) is 2.44. The first-order valence-corrected chi connectivity index (χ1v) is 7.33. The van der Waals surface area contributed by atoms with Crippen LogP contribution in [0.3, 0.4) is 0 Å². The maximum Gasteiger partial charge on any atom is 0.338 e. The Labute approximate surface area is 132 Å². The Kier molecular flexibility index (Phi) is 4.77. The van der Waals surface area contributed by atoms with Gasteiger partial charge in [0.25, 0.3) is 5.56 Å². The molecule has 0 aliphatic carbocycles. The molecule has 0 unspecified atom stereocenters. The van der Waals surface area contributed by atoms with Crippen molar-refractivity contribution in [3.8, 4) is 0 Å². The summed E-state index contributed by atoms with van der Waals surface area (Å²) in [6.07, 6.45) is 1.68. The molecule has 6 heteroatoms. The Balaban J connectivity index is 2.46. The highest BCUT2D eigenvalue weighted by Gasteiger charge is 2.12. The summed E-state index contributed by atoms with van der Waals surface area (Å²) >= 11 is 6.56. The van der Waals surface area contributed by atoms with E-state index in [1.807, 2.05) is 6.07 Å². The van der Waals surface area contributed by atoms with Gasteiger partial charge in [0.15, 0.2) is 0 Å². The molecule has 20 heavy (non-hydrogen) atoms. The molecule has 104 valence electrons. The maximum atomic E-state index is 12.1. The first-order chi connectivity index (χ1) is 9.52. The molecule has 4 nitrogen and oxygen atoms in total. The predicted molar refractivity (Wildman–Crippen MR) is 83.0 cm³/mol. The normalized spacial score (nSPS) is 10.3. The number of hydrogen-bond donors (Lipinski definition) is 0. The van der Waals surface area contributed by atoms with Crippen LogP contribution in [0, 0.1) is 0 Å². The minimum absolute atomic E-state index is 0.159. The summed E-state index contributed by atoms with van der Waals surface area (Å²) in [5, 5.41) is 0. The number of carbonyl (C=O) groups excluding carboxylic acids is 1. The molecule has 0 saturated heterocycles. The molecule has 1 heterocycles. The molecule has 0 N–H and O–H groups in total. The average molecular weight is 401 g/mol. The molecular weight excluding hydrogens is 390 g/mol. The van der Waals surface area contributed by atoms with Gasteiger partial charge in [-0.05, 0) is 49.6 Å². The van der Waals surface area contributed by atoms with Crippen molar-refractivity contribution in [1.82, 2.24) is 4.57 Å². The maximum absolute atomic E-state index is 12.1. The van der Waals surface area contributed by atoms with E-state index in [4.69, 9.17) is 4.74 Å². The van der Waals surface area contributed by atoms with Gasteiger partial charge < -0.3 is 9.30 Å². The van der Waals surface area contributed by atoms with Gasteiger partial charge in [-0.2, -0.15) is 0 Å². The van der Waals surface area contributed by atoms with Crippen molar-refractivity contribution in [1.29, 1.82) is 0 Å². The van der Waals surface area contributed by atoms with E-state index >= 15 is 0 Å². The second-order valence-electron chi connectivity index (χ2n) is 4.09. The number of halogens is 2. The number of ether oxygens (including phenoxy) is 1. The summed E-state index contributed by atoms with van der Waals surface area (Å²) < 4.78 is 7.51. The zero-order valence-electron chi connectivity index (χ0n) is 10.6. The Hall–Kier alpha value is -1.40. The smallest absolute Gasteiger partial charge is 0.338 e. The van der Waals surface area contributed by atoms with E-state index in [-0.39, 0.29) is 5.56 Å². The Bertz CT molecular complexity index is 710. The van der Waals surface area contributed by atoms with Crippen molar-refractivity contribution in [3.63, 3.8) is 0 Å². The highest BCUT2D eigenvalue weighted by Crippen LogP contribution is 2.16. The van der Waals surface area contributed by atoms with E-state index in [9.17, 15) is 9.59 Å². The number of hydrogen-bond acceptors (Lipinski definition) is 3. The number of benzene rings is 1. The van der Waals surface area contributed by atoms with Crippen molar-refractivity contribution < 1.29 is 9.53 Å². The van der Waals surface area contributed by atoms with Crippen LogP contribution in [0.15, 0.2) is 50.3 Å². The fourth-order valence-corrected chi connectivity index (χ4v) is 3.09. The van der Waals surface area contributed by atoms with E-state index < -0.39 is 5.97 Å². The molecular formula is C14H11Br2NO3. The van der Waals surface area contributed by atoms with Crippen molar-refractivity contribution >= 4 is 37.8 Å². The molecule has 1 aromatic carbocycles. The van der Waals surface area contributed by atoms with Crippen LogP contribution in [0.2, 0.25) is 0 Å². The summed E-state index contributed by atoms with van der Waals surface area (Å²) in [5.41, 5.74) is 1.03. The van der Waals surface area contributed by atoms with Gasteiger partial charge in [0.05, 0.1) is 23.7 Å². The topological polar surface area (TPSA) is 48.3 Å². The molecule has 0 fully saturated rings. The van der Waals surface area contributed by atoms with Crippen LogP contribution >= 0.6 is 31.9 Å². The quantitative estimate of drug-likeness (QED) is 0.743. The van der Waals surface area contributed by atoms with E-state index in [1.54, 1.807) is 30.5 Å². The minimum Gasteiger partial charge on any atom is -0.465 e. The first-order valence-electron chi connectivity index (χ1n) is 5.74. The molecule has 0 bridgehead atoms. The Morgan fingerprint density at radius 1 is 1.30 bits per heavy atom. The summed E-state index contributed by atoms with van der Waals surface area (Å²) in [6, 6.07) is 8.74. The third kappa shape index (κ3) is 3.19. The number of esters is 1. The van der Waals surface area contributed by atoms with Crippen molar-refractivity contribution in [2.45, 2.75) is 6.54 Å². The second kappa shape index (κ2) is 6.37. The standard InChI is InChI=1S/C14H11Br2NO3/c1-20-14(19)11-5-3-2-4-9(11)7-17-8-10(15)6-12(16)13(17)18/h2-6,8H,7H2,1H3. The van der Waals surface area contributed by atoms with Crippen LogP contribution in [-0.2, 0) is 11.3 Å². The number of rotatable bonds is 3. The molecule has 0 atom stereocenters. The number of methoxy groups -OCH3 is 1. The lowest BCUT2D eigenvalue weighted by Crippen LogP contribution is -2.22. The van der Waals surface area contributed by atoms with Crippen LogP contribution < -0.4 is 5.56 Å². The highest BCUT2D eigenvalue weighted by molar-refractivity contribution is 9.11. The SMILES string of the molecule is COC(=O)c1ccccc1Cn1cc(Br)cc(Br)c1=O. The van der Waals surface area contributed by atoms with Crippen LogP contribution in [-0.4, -0.2) is 17.6 Å². The Morgan fingerprint density at radius 2 is 2.00 bits per heavy atom. The second-order valence-corrected chi connectivity index (χ2v) is 5.86. The molecule has 0 saturated carbocycles. The first kappa shape index (κ1) is 15.0. The fourth-order valence-electron chi connectivity index (χ4n) is 1.83. The molecule has 1 aromatic heterocycles. The summed E-state index contributed by atoms with van der Waals surface area (Å²) in [4.78, 5) is 23.8. The number of pyridine rings is 1. The molecule has 2 aromatic rings. The van der Waals surface area contributed by atoms with E-state index in [1.165, 1.54) is 11.7 Å². The lowest BCUT2D eigenvalue weighted by atomic mass is 10.1. The zero-order valence-corrected chi connectivity index (χ0v) is 13.8. The lowest BCUT2D eigenvalue weighted by Gasteiger charge is -2.10. The zero-order chi connectivity index (χ0) is 14.7. The fraction of sp³-hybridized carbons (Fsp3) is 0.143. The monoisotopic (exact) mass is 399 g/mol. The summed E-state index contributed by atoms with van der Waals surface area (Å²) in [6.45, 7) is 0.294. The lowest BCUT2D eigenvalue weighted by molar-refractivity contribution is 0.0599. The van der Waals surface area contributed by atoms with Crippen molar-refractivity contribution in [2.24, 2.45) is 0 Å². The molecule has 0 aliphatic heterocycles. The molecule has 0 spiro atoms. The summed E-state index contributed by atoms with van der Waals surface area (Å²) in [7, 11) is 1.33. The number of aromatic nitrogens is 1. The van der Waals surface area contributed by atoms with Crippen LogP contribution in [0.5, 0.6) is 0 Å². The van der Waals surface area contributed by atoms with Crippen LogP contribution in [0.1, 0.15) is 15.9 Å². The van der Waals surface area contributed by atoms with Gasteiger partial charge in [0.1, 0.15) is 0 Å². The van der Waals surface area contributed by atoms with Crippen molar-refractivity contribution in [3.05, 3.63) is 67.0 Å². The van der Waals surface area contributed by atoms with E-state index in [2.05, 4.69) is 31.9 Å². The third-order valence-corrected chi connectivity index (χ3v) is 3.77. The molecule has 2 rings (SSSR count). The van der Waals surface area contributed by atoms with Gasteiger partial charge in [0.2, 0.25) is 0 Å².